The second-order valence-electron chi connectivity index (χ2n) is 12.6. The predicted molar refractivity (Wildman–Crippen MR) is 190 cm³/mol. The van der Waals surface area contributed by atoms with Crippen LogP contribution in [0.15, 0.2) is 157 Å². The van der Waals surface area contributed by atoms with E-state index in [0.717, 1.165) is 27.1 Å². The van der Waals surface area contributed by atoms with Gasteiger partial charge in [-0.05, 0) is 34.4 Å². The first-order valence-corrected chi connectivity index (χ1v) is 17.8. The third-order valence-corrected chi connectivity index (χ3v) is 10.4. The van der Waals surface area contributed by atoms with E-state index in [4.69, 9.17) is 23.7 Å². The van der Waals surface area contributed by atoms with Gasteiger partial charge in [0.15, 0.2) is 5.79 Å². The van der Waals surface area contributed by atoms with Crippen molar-refractivity contribution >= 4 is 11.8 Å². The fourth-order valence-electron chi connectivity index (χ4n) is 6.86. The second kappa shape index (κ2) is 16.3. The van der Waals surface area contributed by atoms with Gasteiger partial charge < -0.3 is 28.8 Å². The highest BCUT2D eigenvalue weighted by atomic mass is 32.2. The Kier molecular flexibility index (Phi) is 11.2. The molecule has 5 aromatic rings. The van der Waals surface area contributed by atoms with Crippen molar-refractivity contribution < 1.29 is 28.8 Å². The number of benzene rings is 5. The Balaban J connectivity index is 1.23. The van der Waals surface area contributed by atoms with Gasteiger partial charge in [0.25, 0.3) is 0 Å². The molecule has 7 heteroatoms. The molecule has 1 N–H and O–H groups in total. The van der Waals surface area contributed by atoms with E-state index >= 15 is 0 Å². The van der Waals surface area contributed by atoms with Crippen molar-refractivity contribution in [3.8, 4) is 0 Å². The van der Waals surface area contributed by atoms with E-state index < -0.39 is 30.0 Å². The molecule has 1 aliphatic carbocycles. The zero-order chi connectivity index (χ0) is 33.3. The molecule has 6 nitrogen and oxygen atoms in total. The molecule has 2 aliphatic rings. The molecule has 7 atom stereocenters. The van der Waals surface area contributed by atoms with Crippen LogP contribution in [0.2, 0.25) is 0 Å². The van der Waals surface area contributed by atoms with E-state index in [-0.39, 0.29) is 18.0 Å². The molecule has 252 valence electrons. The number of hydrogen-bond donors (Lipinski definition) is 1. The van der Waals surface area contributed by atoms with Crippen molar-refractivity contribution in [1.82, 2.24) is 0 Å². The molecule has 1 saturated carbocycles. The molecule has 4 unspecified atom stereocenters. The minimum Gasteiger partial charge on any atom is -0.390 e. The van der Waals surface area contributed by atoms with Crippen LogP contribution in [0.3, 0.4) is 0 Å². The maximum absolute atomic E-state index is 12.3. The smallest absolute Gasteiger partial charge is 0.186 e. The highest BCUT2D eigenvalue weighted by molar-refractivity contribution is 7.99. The van der Waals surface area contributed by atoms with Crippen molar-refractivity contribution in [3.63, 3.8) is 0 Å². The summed E-state index contributed by atoms with van der Waals surface area (Å²) in [5.74, 6) is -2.07. The molecule has 1 saturated heterocycles. The minimum atomic E-state index is -1.18. The monoisotopic (exact) mass is 674 g/mol. The first-order valence-electron chi connectivity index (χ1n) is 16.9. The lowest BCUT2D eigenvalue weighted by Gasteiger charge is -2.54. The molecule has 0 amide bonds. The first-order chi connectivity index (χ1) is 24.2. The number of aliphatic hydroxyl groups excluding tert-OH is 1. The molecule has 5 aromatic carbocycles. The number of thioether (sulfide) groups is 1. The molecule has 49 heavy (non-hydrogen) atoms. The fraction of sp³-hybridized carbons (Fsp3) is 0.286. The maximum Gasteiger partial charge on any atom is 0.186 e. The van der Waals surface area contributed by atoms with Crippen molar-refractivity contribution in [2.75, 3.05) is 6.61 Å². The lowest BCUT2D eigenvalue weighted by molar-refractivity contribution is -0.387. The number of rotatable bonds is 16. The van der Waals surface area contributed by atoms with Crippen LogP contribution in [0, 0.1) is 11.8 Å². The summed E-state index contributed by atoms with van der Waals surface area (Å²) in [5, 5.41) is 12.3. The van der Waals surface area contributed by atoms with Gasteiger partial charge >= 0.3 is 0 Å². The molecule has 7 rings (SSSR count). The number of fused-ring (bicyclic) bond motifs is 1. The lowest BCUT2D eigenvalue weighted by Crippen LogP contribution is -2.64. The molecular weight excluding hydrogens is 633 g/mol. The molecule has 0 radical (unpaired) electrons. The third-order valence-electron chi connectivity index (χ3n) is 9.27. The van der Waals surface area contributed by atoms with Crippen LogP contribution in [0.5, 0.6) is 0 Å². The molecule has 1 heterocycles. The topological polar surface area (TPSA) is 66.4 Å². The van der Waals surface area contributed by atoms with E-state index in [1.165, 1.54) is 0 Å². The van der Waals surface area contributed by atoms with Crippen LogP contribution in [-0.2, 0) is 50.1 Å². The predicted octanol–water partition coefficient (Wildman–Crippen LogP) is 8.04. The Morgan fingerprint density at radius 1 is 0.612 bits per heavy atom. The summed E-state index contributed by atoms with van der Waals surface area (Å²) >= 11 is 1.60. The zero-order valence-electron chi connectivity index (χ0n) is 27.3. The average Bonchev–Trinajstić information content (AvgIpc) is 3.33. The number of aliphatic hydroxyl groups is 1. The minimum absolute atomic E-state index is 0.257. The van der Waals surface area contributed by atoms with Gasteiger partial charge in [0, 0.05) is 4.90 Å². The normalized spacial score (nSPS) is 25.0. The standard InChI is InChI=1S/C42H42O6S/c43-39-38-41(49-35-24-14-5-15-25-35)48-42(38,47-29-34-22-12-4-13-23-34)37(40(39)46-28-33-20-10-3-11-21-33)36(45-27-32-18-8-2-9-19-32)30-44-26-31-16-6-1-7-17-31/h1-25,36-41,43H,26-30H2/t36-,37?,38?,39?,40-,41-,42?/m1/s1. The number of ether oxygens (including phenoxy) is 5. The summed E-state index contributed by atoms with van der Waals surface area (Å²) in [6, 6.07) is 50.4. The summed E-state index contributed by atoms with van der Waals surface area (Å²) in [6.45, 7) is 1.68. The Morgan fingerprint density at radius 2 is 1.10 bits per heavy atom. The van der Waals surface area contributed by atoms with E-state index in [1.54, 1.807) is 11.8 Å². The van der Waals surface area contributed by atoms with Crippen molar-refractivity contribution in [1.29, 1.82) is 0 Å². The number of hydrogen-bond acceptors (Lipinski definition) is 7. The van der Waals surface area contributed by atoms with Gasteiger partial charge in [-0.3, -0.25) is 0 Å². The Bertz CT molecular complexity index is 1690. The van der Waals surface area contributed by atoms with Crippen LogP contribution >= 0.6 is 11.8 Å². The van der Waals surface area contributed by atoms with Crippen LogP contribution in [0.4, 0.5) is 0 Å². The van der Waals surface area contributed by atoms with Crippen molar-refractivity contribution in [2.45, 2.75) is 60.9 Å². The lowest BCUT2D eigenvalue weighted by atomic mass is 9.86. The summed E-state index contributed by atoms with van der Waals surface area (Å²) in [7, 11) is 0. The molecule has 0 spiro atoms. The summed E-state index contributed by atoms with van der Waals surface area (Å²) in [6.07, 6.45) is -2.05. The summed E-state index contributed by atoms with van der Waals surface area (Å²) < 4.78 is 33.7. The molecular formula is C42H42O6S. The van der Waals surface area contributed by atoms with Crippen molar-refractivity contribution in [2.24, 2.45) is 11.8 Å². The van der Waals surface area contributed by atoms with Gasteiger partial charge in [-0.1, -0.05) is 151 Å². The fourth-order valence-corrected chi connectivity index (χ4v) is 8.14. The van der Waals surface area contributed by atoms with Crippen LogP contribution < -0.4 is 0 Å². The van der Waals surface area contributed by atoms with Gasteiger partial charge in [-0.25, -0.2) is 0 Å². The zero-order valence-corrected chi connectivity index (χ0v) is 28.1. The largest absolute Gasteiger partial charge is 0.390 e. The van der Waals surface area contributed by atoms with Gasteiger partial charge in [0.1, 0.15) is 5.44 Å². The molecule has 0 aromatic heterocycles. The van der Waals surface area contributed by atoms with E-state index in [9.17, 15) is 5.11 Å². The average molecular weight is 675 g/mol. The third kappa shape index (κ3) is 8.00. The van der Waals surface area contributed by atoms with Crippen LogP contribution in [0.25, 0.3) is 0 Å². The van der Waals surface area contributed by atoms with E-state index in [1.807, 2.05) is 140 Å². The summed E-state index contributed by atoms with van der Waals surface area (Å²) in [4.78, 5) is 1.06. The highest BCUT2D eigenvalue weighted by Crippen LogP contribution is 2.61. The second-order valence-corrected chi connectivity index (χ2v) is 13.7. The Labute approximate surface area is 293 Å². The van der Waals surface area contributed by atoms with E-state index in [2.05, 4.69) is 12.1 Å². The van der Waals surface area contributed by atoms with Crippen LogP contribution in [-0.4, -0.2) is 41.2 Å². The summed E-state index contributed by atoms with van der Waals surface area (Å²) in [5.41, 5.74) is 3.80. The molecule has 0 bridgehead atoms. The van der Waals surface area contributed by atoms with Gasteiger partial charge in [0.2, 0.25) is 0 Å². The Morgan fingerprint density at radius 3 is 1.67 bits per heavy atom. The SMILES string of the molecule is OC1C2[C@@H](Sc3ccccc3)OC2(OCc2ccccc2)C([C@@H](COCc2ccccc2)OCc2ccccc2)[C@H]1OCc1ccccc1. The van der Waals surface area contributed by atoms with Gasteiger partial charge in [0.05, 0.1) is 63.2 Å². The Hall–Kier alpha value is -3.79. The maximum atomic E-state index is 12.3. The van der Waals surface area contributed by atoms with Crippen LogP contribution in [0.1, 0.15) is 22.3 Å². The van der Waals surface area contributed by atoms with Gasteiger partial charge in [-0.2, -0.15) is 0 Å². The van der Waals surface area contributed by atoms with E-state index in [0.29, 0.717) is 26.4 Å². The first kappa shape index (κ1) is 33.7. The highest BCUT2D eigenvalue weighted by Gasteiger charge is 2.74. The van der Waals surface area contributed by atoms with Crippen molar-refractivity contribution in [3.05, 3.63) is 174 Å². The molecule has 1 aliphatic heterocycles. The van der Waals surface area contributed by atoms with Gasteiger partial charge in [-0.15, -0.1) is 0 Å². The quantitative estimate of drug-likeness (QED) is 0.114. The molecule has 2 fully saturated rings.